The maximum atomic E-state index is 13.6. The Balaban J connectivity index is 1.56. The van der Waals surface area contributed by atoms with Crippen molar-refractivity contribution in [3.05, 3.63) is 46.5 Å². The van der Waals surface area contributed by atoms with Crippen LogP contribution in [-0.4, -0.2) is 46.0 Å². The van der Waals surface area contributed by atoms with Crippen LogP contribution in [0.4, 0.5) is 0 Å². The lowest BCUT2D eigenvalue weighted by Crippen LogP contribution is -2.38. The van der Waals surface area contributed by atoms with Gasteiger partial charge in [-0.05, 0) is 87.5 Å². The lowest BCUT2D eigenvalue weighted by atomic mass is 9.82. The number of carbonyl (C=O) groups excluding carboxylic acids is 2. The van der Waals surface area contributed by atoms with E-state index in [-0.39, 0.29) is 45.1 Å². The van der Waals surface area contributed by atoms with Crippen LogP contribution in [-0.2, 0) is 0 Å². The number of hydrogen-bond acceptors (Lipinski definition) is 4. The highest BCUT2D eigenvalue weighted by Crippen LogP contribution is 2.33. The SMILES string of the molecule is CCCCC[C@H]1CC[C@@H](NC(=O)c2ccc(C(=O)N[C@H]3CC[C@@H](CCCCC)CC3)c3c(C(=O)O)ccc(C(=O)O)c23)CC1. The summed E-state index contributed by atoms with van der Waals surface area (Å²) in [5.74, 6) is -2.12. The summed E-state index contributed by atoms with van der Waals surface area (Å²) in [6, 6.07) is 5.33. The molecule has 44 heavy (non-hydrogen) atoms. The van der Waals surface area contributed by atoms with E-state index in [1.54, 1.807) is 0 Å². The number of rotatable bonds is 14. The van der Waals surface area contributed by atoms with Gasteiger partial charge in [0, 0.05) is 34.0 Å². The number of carboxylic acids is 2. The van der Waals surface area contributed by atoms with Gasteiger partial charge in [-0.25, -0.2) is 9.59 Å². The topological polar surface area (TPSA) is 133 Å². The molecule has 0 atom stereocenters. The van der Waals surface area contributed by atoms with E-state index in [2.05, 4.69) is 24.5 Å². The van der Waals surface area contributed by atoms with Crippen LogP contribution in [0.1, 0.15) is 158 Å². The Kier molecular flexibility index (Phi) is 12.2. The summed E-state index contributed by atoms with van der Waals surface area (Å²) in [4.78, 5) is 52.0. The van der Waals surface area contributed by atoms with E-state index in [0.717, 1.165) is 51.4 Å². The molecule has 0 aliphatic heterocycles. The maximum Gasteiger partial charge on any atom is 0.336 e. The molecule has 2 saturated carbocycles. The molecule has 8 nitrogen and oxygen atoms in total. The zero-order chi connectivity index (χ0) is 31.6. The van der Waals surface area contributed by atoms with Crippen molar-refractivity contribution in [1.82, 2.24) is 10.6 Å². The van der Waals surface area contributed by atoms with Gasteiger partial charge >= 0.3 is 11.9 Å². The molecular weight excluding hydrogens is 556 g/mol. The van der Waals surface area contributed by atoms with Gasteiger partial charge in [0.05, 0.1) is 11.1 Å². The number of benzene rings is 2. The van der Waals surface area contributed by atoms with Gasteiger partial charge in [0.25, 0.3) is 11.8 Å². The average molecular weight is 607 g/mol. The van der Waals surface area contributed by atoms with Crippen molar-refractivity contribution in [2.45, 2.75) is 129 Å². The third-order valence-electron chi connectivity index (χ3n) is 9.91. The first-order chi connectivity index (χ1) is 21.2. The average Bonchev–Trinajstić information content (AvgIpc) is 3.01. The van der Waals surface area contributed by atoms with E-state index >= 15 is 0 Å². The lowest BCUT2D eigenvalue weighted by molar-refractivity contribution is 0.0684. The molecule has 2 aliphatic carbocycles. The highest BCUT2D eigenvalue weighted by molar-refractivity contribution is 6.23. The molecule has 0 bridgehead atoms. The van der Waals surface area contributed by atoms with E-state index < -0.39 is 23.8 Å². The number of hydrogen-bond donors (Lipinski definition) is 4. The molecule has 0 heterocycles. The van der Waals surface area contributed by atoms with Crippen molar-refractivity contribution < 1.29 is 29.4 Å². The third kappa shape index (κ3) is 8.39. The van der Waals surface area contributed by atoms with Crippen LogP contribution >= 0.6 is 0 Å². The standard InChI is InChI=1S/C36H50N2O6/c1-3-5-7-9-23-11-15-25(16-12-23)37-33(39)27-19-20-28(32-30(36(43)44)22-21-29(31(27)32)35(41)42)34(40)38-26-17-13-24(14-18-26)10-8-6-4-2/h19-26H,3-18H2,1-2H3,(H,37,39)(H,38,40)(H,41,42)(H,43,44)/t23-,24-,25+,26+. The summed E-state index contributed by atoms with van der Waals surface area (Å²) in [5.41, 5.74) is -0.238. The van der Waals surface area contributed by atoms with Crippen LogP contribution in [0.5, 0.6) is 0 Å². The summed E-state index contributed by atoms with van der Waals surface area (Å²) in [6.45, 7) is 4.40. The van der Waals surface area contributed by atoms with Crippen LogP contribution in [0.2, 0.25) is 0 Å². The van der Waals surface area contributed by atoms with E-state index in [1.807, 2.05) is 0 Å². The predicted molar refractivity (Wildman–Crippen MR) is 173 cm³/mol. The molecule has 0 radical (unpaired) electrons. The zero-order valence-electron chi connectivity index (χ0n) is 26.5. The van der Waals surface area contributed by atoms with Gasteiger partial charge in [0.15, 0.2) is 0 Å². The molecule has 2 aromatic rings. The predicted octanol–water partition coefficient (Wildman–Crippen LogP) is 7.97. The van der Waals surface area contributed by atoms with Crippen LogP contribution in [0.25, 0.3) is 10.8 Å². The Morgan fingerprint density at radius 1 is 0.568 bits per heavy atom. The smallest absolute Gasteiger partial charge is 0.336 e. The monoisotopic (exact) mass is 606 g/mol. The summed E-state index contributed by atoms with van der Waals surface area (Å²) in [6.07, 6.45) is 17.3. The van der Waals surface area contributed by atoms with E-state index in [4.69, 9.17) is 0 Å². The minimum Gasteiger partial charge on any atom is -0.478 e. The summed E-state index contributed by atoms with van der Waals surface area (Å²) >= 11 is 0. The molecule has 0 aromatic heterocycles. The first-order valence-electron chi connectivity index (χ1n) is 16.9. The Morgan fingerprint density at radius 2 is 0.909 bits per heavy atom. The highest BCUT2D eigenvalue weighted by atomic mass is 16.4. The summed E-state index contributed by atoms with van der Waals surface area (Å²) < 4.78 is 0. The molecule has 2 aliphatic rings. The second kappa shape index (κ2) is 16.1. The molecule has 0 spiro atoms. The van der Waals surface area contributed by atoms with Gasteiger partial charge in [0.1, 0.15) is 0 Å². The number of unbranched alkanes of at least 4 members (excludes halogenated alkanes) is 4. The fraction of sp³-hybridized carbons (Fsp3) is 0.611. The maximum absolute atomic E-state index is 13.6. The number of nitrogens with one attached hydrogen (secondary N) is 2. The molecule has 8 heteroatoms. The number of amides is 2. The van der Waals surface area contributed by atoms with Crippen molar-refractivity contribution in [2.24, 2.45) is 11.8 Å². The van der Waals surface area contributed by atoms with E-state index in [9.17, 15) is 29.4 Å². The van der Waals surface area contributed by atoms with Crippen molar-refractivity contribution in [2.75, 3.05) is 0 Å². The molecule has 2 amide bonds. The Labute approximate surface area is 261 Å². The van der Waals surface area contributed by atoms with E-state index in [1.165, 1.54) is 75.6 Å². The Bertz CT molecular complexity index is 1220. The number of fused-ring (bicyclic) bond motifs is 1. The molecule has 240 valence electrons. The molecule has 2 aromatic carbocycles. The molecule has 0 unspecified atom stereocenters. The molecule has 4 N–H and O–H groups in total. The molecule has 4 rings (SSSR count). The van der Waals surface area contributed by atoms with Crippen molar-refractivity contribution in [3.8, 4) is 0 Å². The first-order valence-corrected chi connectivity index (χ1v) is 16.9. The van der Waals surface area contributed by atoms with Crippen molar-refractivity contribution in [3.63, 3.8) is 0 Å². The largest absolute Gasteiger partial charge is 0.478 e. The molecule has 0 saturated heterocycles. The minimum atomic E-state index is -1.28. The quantitative estimate of drug-likeness (QED) is 0.161. The van der Waals surface area contributed by atoms with Crippen LogP contribution in [0, 0.1) is 11.8 Å². The summed E-state index contributed by atoms with van der Waals surface area (Å²) in [5, 5.41) is 26.3. The summed E-state index contributed by atoms with van der Waals surface area (Å²) in [7, 11) is 0. The third-order valence-corrected chi connectivity index (χ3v) is 9.91. The van der Waals surface area contributed by atoms with Gasteiger partial charge in [-0.15, -0.1) is 0 Å². The van der Waals surface area contributed by atoms with Gasteiger partial charge in [-0.1, -0.05) is 65.2 Å². The van der Waals surface area contributed by atoms with E-state index in [0.29, 0.717) is 11.8 Å². The number of aromatic carboxylic acids is 2. The normalized spacial score (nSPS) is 22.0. The van der Waals surface area contributed by atoms with Crippen molar-refractivity contribution >= 4 is 34.5 Å². The zero-order valence-corrected chi connectivity index (χ0v) is 26.5. The van der Waals surface area contributed by atoms with Crippen LogP contribution < -0.4 is 10.6 Å². The second-order valence-corrected chi connectivity index (χ2v) is 13.1. The minimum absolute atomic E-state index is 0.00423. The van der Waals surface area contributed by atoms with Crippen LogP contribution in [0.15, 0.2) is 24.3 Å². The molecule has 2 fully saturated rings. The highest BCUT2D eigenvalue weighted by Gasteiger charge is 2.29. The van der Waals surface area contributed by atoms with Crippen LogP contribution in [0.3, 0.4) is 0 Å². The first kappa shape index (κ1) is 33.5. The van der Waals surface area contributed by atoms with Gasteiger partial charge in [-0.3, -0.25) is 9.59 Å². The van der Waals surface area contributed by atoms with Gasteiger partial charge in [-0.2, -0.15) is 0 Å². The second-order valence-electron chi connectivity index (χ2n) is 13.1. The molecular formula is C36H50N2O6. The van der Waals surface area contributed by atoms with Gasteiger partial charge < -0.3 is 20.8 Å². The lowest BCUT2D eigenvalue weighted by Gasteiger charge is -2.30. The van der Waals surface area contributed by atoms with Crippen molar-refractivity contribution in [1.29, 1.82) is 0 Å². The number of carboxylic acid groups (broad SMARTS) is 2. The Morgan fingerprint density at radius 3 is 1.23 bits per heavy atom. The fourth-order valence-corrected chi connectivity index (χ4v) is 7.31. The number of carbonyl (C=O) groups is 4. The Hall–Kier alpha value is -3.42. The van der Waals surface area contributed by atoms with Gasteiger partial charge in [0.2, 0.25) is 0 Å². The fourth-order valence-electron chi connectivity index (χ4n) is 7.31.